The molecule has 30 heavy (non-hydrogen) atoms. The van der Waals surface area contributed by atoms with Crippen molar-refractivity contribution in [3.63, 3.8) is 0 Å². The fourth-order valence-corrected chi connectivity index (χ4v) is 4.22. The van der Waals surface area contributed by atoms with E-state index in [1.165, 1.54) is 6.20 Å². The molecule has 1 unspecified atom stereocenters. The summed E-state index contributed by atoms with van der Waals surface area (Å²) >= 11 is 0. The van der Waals surface area contributed by atoms with Gasteiger partial charge in [-0.1, -0.05) is 6.92 Å². The third-order valence-electron chi connectivity index (χ3n) is 4.56. The lowest BCUT2D eigenvalue weighted by Crippen LogP contribution is -2.30. The molecule has 1 amide bonds. The molecule has 11 heteroatoms. The third-order valence-corrected chi connectivity index (χ3v) is 5.96. The molecule has 1 aromatic carbocycles. The molecule has 1 aromatic heterocycles. The van der Waals surface area contributed by atoms with Gasteiger partial charge in [-0.2, -0.15) is 0 Å². The summed E-state index contributed by atoms with van der Waals surface area (Å²) in [6.07, 6.45) is -0.858. The van der Waals surface area contributed by atoms with Crippen LogP contribution in [0.1, 0.15) is 43.5 Å². The Balaban J connectivity index is 1.80. The van der Waals surface area contributed by atoms with Crippen molar-refractivity contribution in [2.75, 3.05) is 4.72 Å². The van der Waals surface area contributed by atoms with E-state index in [4.69, 9.17) is 0 Å². The van der Waals surface area contributed by atoms with Crippen molar-refractivity contribution in [3.8, 4) is 5.75 Å². The van der Waals surface area contributed by atoms with Gasteiger partial charge in [0.25, 0.3) is 10.0 Å². The Kier molecular flexibility index (Phi) is 6.20. The highest BCUT2D eigenvalue weighted by Crippen LogP contribution is 2.31. The molecule has 162 valence electrons. The van der Waals surface area contributed by atoms with E-state index in [0.29, 0.717) is 6.42 Å². The van der Waals surface area contributed by atoms with E-state index in [2.05, 4.69) is 19.8 Å². The van der Waals surface area contributed by atoms with E-state index in [1.807, 2.05) is 0 Å². The number of nitrogens with zero attached hydrogens (tertiary/aromatic N) is 1. The standard InChI is InChI=1S/C19H20F3N3O4S/c1-2-18(26)24-17-5-3-4-16-15(17)10-12(11-23-16)25-30(27,28)14-8-6-13(7-9-14)29-19(20,21)22/h6-11,17,25H,2-5H2,1H3,(H,24,26). The lowest BCUT2D eigenvalue weighted by Gasteiger charge is -2.26. The van der Waals surface area contributed by atoms with Crippen molar-refractivity contribution in [1.29, 1.82) is 0 Å². The number of ether oxygens (including phenoxy) is 1. The summed E-state index contributed by atoms with van der Waals surface area (Å²) in [4.78, 5) is 15.9. The average Bonchev–Trinajstić information content (AvgIpc) is 2.67. The molecule has 0 fully saturated rings. The minimum absolute atomic E-state index is 0.111. The van der Waals surface area contributed by atoms with E-state index < -0.39 is 22.1 Å². The van der Waals surface area contributed by atoms with Crippen molar-refractivity contribution < 1.29 is 31.1 Å². The van der Waals surface area contributed by atoms with Crippen molar-refractivity contribution in [2.24, 2.45) is 0 Å². The lowest BCUT2D eigenvalue weighted by atomic mass is 9.91. The number of halogens is 3. The molecular weight excluding hydrogens is 423 g/mol. The Labute approximate surface area is 171 Å². The topological polar surface area (TPSA) is 97.4 Å². The van der Waals surface area contributed by atoms with Crippen molar-refractivity contribution in [2.45, 2.75) is 49.9 Å². The molecule has 2 aromatic rings. The van der Waals surface area contributed by atoms with Crippen LogP contribution in [0, 0.1) is 0 Å². The van der Waals surface area contributed by atoms with Crippen molar-refractivity contribution >= 4 is 21.6 Å². The number of hydrogen-bond donors (Lipinski definition) is 2. The minimum Gasteiger partial charge on any atom is -0.406 e. The molecule has 0 spiro atoms. The first kappa shape index (κ1) is 21.9. The molecule has 0 radical (unpaired) electrons. The molecular formula is C19H20F3N3O4S. The van der Waals surface area contributed by atoms with Gasteiger partial charge in [0.05, 0.1) is 22.8 Å². The number of benzene rings is 1. The number of nitrogens with one attached hydrogen (secondary N) is 2. The first-order valence-corrected chi connectivity index (χ1v) is 10.7. The number of rotatable bonds is 6. The molecule has 3 rings (SSSR count). The van der Waals surface area contributed by atoms with Crippen LogP contribution < -0.4 is 14.8 Å². The minimum atomic E-state index is -4.86. The zero-order valence-electron chi connectivity index (χ0n) is 16.0. The van der Waals surface area contributed by atoms with Gasteiger partial charge in [0, 0.05) is 12.1 Å². The smallest absolute Gasteiger partial charge is 0.406 e. The van der Waals surface area contributed by atoms with Crippen LogP contribution in [0.15, 0.2) is 41.4 Å². The van der Waals surface area contributed by atoms with E-state index >= 15 is 0 Å². The number of carbonyl (C=O) groups excluding carboxylic acids is 1. The number of hydrogen-bond acceptors (Lipinski definition) is 5. The SMILES string of the molecule is CCC(=O)NC1CCCc2ncc(NS(=O)(=O)c3ccc(OC(F)(F)F)cc3)cc21. The average molecular weight is 443 g/mol. The maximum Gasteiger partial charge on any atom is 0.573 e. The first-order valence-electron chi connectivity index (χ1n) is 9.24. The highest BCUT2D eigenvalue weighted by molar-refractivity contribution is 7.92. The van der Waals surface area contributed by atoms with Crippen molar-refractivity contribution in [1.82, 2.24) is 10.3 Å². The third kappa shape index (κ3) is 5.41. The summed E-state index contributed by atoms with van der Waals surface area (Å²) in [6, 6.07) is 5.24. The maximum atomic E-state index is 12.6. The van der Waals surface area contributed by atoms with Crippen LogP contribution in [0.4, 0.5) is 18.9 Å². The van der Waals surface area contributed by atoms with Crippen LogP contribution in [-0.4, -0.2) is 25.7 Å². The molecule has 7 nitrogen and oxygen atoms in total. The molecule has 0 aliphatic heterocycles. The molecule has 1 aliphatic carbocycles. The van der Waals surface area contributed by atoms with E-state index in [-0.39, 0.29) is 22.5 Å². The normalized spacial score (nSPS) is 16.5. The van der Waals surface area contributed by atoms with Gasteiger partial charge in [-0.3, -0.25) is 14.5 Å². The zero-order valence-corrected chi connectivity index (χ0v) is 16.8. The van der Waals surface area contributed by atoms with Gasteiger partial charge in [-0.15, -0.1) is 13.2 Å². The summed E-state index contributed by atoms with van der Waals surface area (Å²) in [5, 5.41) is 2.91. The number of amides is 1. The van der Waals surface area contributed by atoms with Crippen LogP contribution in [0.5, 0.6) is 5.75 Å². The second kappa shape index (κ2) is 8.50. The monoisotopic (exact) mass is 443 g/mol. The highest BCUT2D eigenvalue weighted by Gasteiger charge is 2.31. The fourth-order valence-electron chi connectivity index (χ4n) is 3.19. The maximum absolute atomic E-state index is 12.6. The molecule has 1 heterocycles. The molecule has 0 saturated heterocycles. The summed E-state index contributed by atoms with van der Waals surface area (Å²) in [5.41, 5.74) is 1.73. The Hall–Kier alpha value is -2.82. The van der Waals surface area contributed by atoms with Gasteiger partial charge in [0.1, 0.15) is 5.75 Å². The highest BCUT2D eigenvalue weighted by atomic mass is 32.2. The van der Waals surface area contributed by atoms with Gasteiger partial charge in [0.15, 0.2) is 0 Å². The van der Waals surface area contributed by atoms with E-state index in [0.717, 1.165) is 54.8 Å². The zero-order chi connectivity index (χ0) is 21.9. The number of carbonyl (C=O) groups is 1. The molecule has 2 N–H and O–H groups in total. The molecule has 0 saturated carbocycles. The van der Waals surface area contributed by atoms with Crippen molar-refractivity contribution in [3.05, 3.63) is 47.8 Å². The van der Waals surface area contributed by atoms with E-state index in [9.17, 15) is 26.4 Å². The van der Waals surface area contributed by atoms with Gasteiger partial charge in [0.2, 0.25) is 5.91 Å². The Morgan fingerprint density at radius 3 is 2.60 bits per heavy atom. The van der Waals surface area contributed by atoms with Gasteiger partial charge in [-0.05, 0) is 55.2 Å². The summed E-state index contributed by atoms with van der Waals surface area (Å²) < 4.78 is 68.1. The number of sulfonamides is 1. The summed E-state index contributed by atoms with van der Waals surface area (Å²) in [7, 11) is -4.06. The Morgan fingerprint density at radius 1 is 1.27 bits per heavy atom. The Bertz CT molecular complexity index is 1020. The Morgan fingerprint density at radius 2 is 1.97 bits per heavy atom. The first-order chi connectivity index (χ1) is 14.1. The van der Waals surface area contributed by atoms with E-state index in [1.54, 1.807) is 13.0 Å². The largest absolute Gasteiger partial charge is 0.573 e. The van der Waals surface area contributed by atoms with Crippen LogP contribution in [0.25, 0.3) is 0 Å². The van der Waals surface area contributed by atoms with Crippen LogP contribution in [-0.2, 0) is 21.2 Å². The quantitative estimate of drug-likeness (QED) is 0.710. The molecule has 1 aliphatic rings. The second-order valence-electron chi connectivity index (χ2n) is 6.75. The number of pyridine rings is 1. The number of anilines is 1. The second-order valence-corrected chi connectivity index (χ2v) is 8.43. The predicted octanol–water partition coefficient (Wildman–Crippen LogP) is 3.68. The predicted molar refractivity (Wildman–Crippen MR) is 102 cm³/mol. The van der Waals surface area contributed by atoms with Gasteiger partial charge in [-0.25, -0.2) is 8.42 Å². The van der Waals surface area contributed by atoms with Crippen LogP contribution in [0.3, 0.4) is 0 Å². The summed E-state index contributed by atoms with van der Waals surface area (Å²) in [6.45, 7) is 1.74. The van der Waals surface area contributed by atoms with Gasteiger partial charge < -0.3 is 10.1 Å². The number of fused-ring (bicyclic) bond motifs is 1. The fraction of sp³-hybridized carbons (Fsp3) is 0.368. The number of alkyl halides is 3. The van der Waals surface area contributed by atoms with Gasteiger partial charge >= 0.3 is 6.36 Å². The lowest BCUT2D eigenvalue weighted by molar-refractivity contribution is -0.274. The summed E-state index contributed by atoms with van der Waals surface area (Å²) in [5.74, 6) is -0.633. The number of aromatic nitrogens is 1. The molecule has 0 bridgehead atoms. The molecule has 1 atom stereocenters. The van der Waals surface area contributed by atoms with Crippen LogP contribution in [0.2, 0.25) is 0 Å². The van der Waals surface area contributed by atoms with Crippen LogP contribution >= 0.6 is 0 Å². The number of aryl methyl sites for hydroxylation is 1.